The lowest BCUT2D eigenvalue weighted by atomic mass is 9.97. The zero-order chi connectivity index (χ0) is 16.2. The summed E-state index contributed by atoms with van der Waals surface area (Å²) in [6, 6.07) is 8.17. The maximum Gasteiger partial charge on any atom is 0.322 e. The second kappa shape index (κ2) is 7.06. The molecule has 1 aromatic heterocycles. The number of aromatic nitrogens is 1. The van der Waals surface area contributed by atoms with E-state index >= 15 is 0 Å². The van der Waals surface area contributed by atoms with Crippen LogP contribution in [0, 0.1) is 0 Å². The lowest BCUT2D eigenvalue weighted by Crippen LogP contribution is -2.42. The van der Waals surface area contributed by atoms with Crippen LogP contribution in [0.4, 0.5) is 0 Å². The van der Waals surface area contributed by atoms with Crippen molar-refractivity contribution < 1.29 is 14.7 Å². The van der Waals surface area contributed by atoms with Gasteiger partial charge in [0, 0.05) is 5.92 Å². The number of piperidine rings is 1. The summed E-state index contributed by atoms with van der Waals surface area (Å²) >= 11 is 1.76. The predicted molar refractivity (Wildman–Crippen MR) is 88.7 cm³/mol. The summed E-state index contributed by atoms with van der Waals surface area (Å²) in [5, 5.41) is 12.1. The molecule has 3 rings (SSSR count). The first-order valence-electron chi connectivity index (χ1n) is 7.68. The van der Waals surface area contributed by atoms with Crippen molar-refractivity contribution in [2.75, 3.05) is 26.2 Å². The van der Waals surface area contributed by atoms with Crippen LogP contribution < -0.4 is 5.32 Å². The number of likely N-dealkylation sites (tertiary alicyclic amines) is 1. The molecule has 0 radical (unpaired) electrons. The molecular formula is C16H19N3O3S. The van der Waals surface area contributed by atoms with Gasteiger partial charge in [-0.2, -0.15) is 0 Å². The summed E-state index contributed by atoms with van der Waals surface area (Å²) in [6.45, 7) is 1.61. The maximum atomic E-state index is 11.7. The summed E-state index contributed by atoms with van der Waals surface area (Å²) in [5.74, 6) is -0.801. The number of hydrogen-bond donors (Lipinski definition) is 2. The number of rotatable bonds is 5. The largest absolute Gasteiger partial charge is 0.480 e. The normalized spacial score (nSPS) is 16.5. The lowest BCUT2D eigenvalue weighted by Gasteiger charge is -2.30. The van der Waals surface area contributed by atoms with E-state index in [0.717, 1.165) is 31.4 Å². The molecule has 0 unspecified atom stereocenters. The second-order valence-corrected chi connectivity index (χ2v) is 6.80. The molecule has 7 heteroatoms. The SMILES string of the molecule is O=C(O)CNC(=O)CN1CCC(c2nc3ccccc3s2)CC1. The van der Waals surface area contributed by atoms with E-state index in [-0.39, 0.29) is 19.0 Å². The molecule has 2 heterocycles. The fourth-order valence-corrected chi connectivity index (χ4v) is 3.97. The Bertz CT molecular complexity index is 674. The first-order valence-corrected chi connectivity index (χ1v) is 8.50. The number of para-hydroxylation sites is 1. The van der Waals surface area contributed by atoms with Crippen molar-refractivity contribution >= 4 is 33.4 Å². The highest BCUT2D eigenvalue weighted by atomic mass is 32.1. The van der Waals surface area contributed by atoms with Gasteiger partial charge in [0.05, 0.1) is 21.8 Å². The molecule has 0 aliphatic carbocycles. The highest BCUT2D eigenvalue weighted by molar-refractivity contribution is 7.18. The van der Waals surface area contributed by atoms with Gasteiger partial charge in [-0.05, 0) is 38.1 Å². The number of thiazole rings is 1. The molecule has 1 saturated heterocycles. The van der Waals surface area contributed by atoms with Crippen LogP contribution in [0.1, 0.15) is 23.8 Å². The maximum absolute atomic E-state index is 11.7. The van der Waals surface area contributed by atoms with Crippen LogP contribution >= 0.6 is 11.3 Å². The Morgan fingerprint density at radius 1 is 1.30 bits per heavy atom. The number of benzene rings is 1. The number of nitrogens with zero attached hydrogens (tertiary/aromatic N) is 2. The van der Waals surface area contributed by atoms with Crippen LogP contribution in [-0.4, -0.2) is 53.0 Å². The topological polar surface area (TPSA) is 82.5 Å². The van der Waals surface area contributed by atoms with Gasteiger partial charge in [0.15, 0.2) is 0 Å². The van der Waals surface area contributed by atoms with Crippen molar-refractivity contribution in [1.29, 1.82) is 0 Å². The molecule has 1 amide bonds. The molecule has 23 heavy (non-hydrogen) atoms. The van der Waals surface area contributed by atoms with Gasteiger partial charge in [0.1, 0.15) is 6.54 Å². The highest BCUT2D eigenvalue weighted by Crippen LogP contribution is 2.33. The third-order valence-electron chi connectivity index (χ3n) is 4.05. The third kappa shape index (κ3) is 4.05. The number of nitrogens with one attached hydrogen (secondary N) is 1. The molecule has 0 saturated carbocycles. The van der Waals surface area contributed by atoms with Crippen molar-refractivity contribution in [1.82, 2.24) is 15.2 Å². The number of fused-ring (bicyclic) bond motifs is 1. The van der Waals surface area contributed by atoms with Gasteiger partial charge in [0.2, 0.25) is 5.91 Å². The van der Waals surface area contributed by atoms with E-state index in [4.69, 9.17) is 10.1 Å². The summed E-state index contributed by atoms with van der Waals surface area (Å²) in [6.07, 6.45) is 1.96. The van der Waals surface area contributed by atoms with Crippen molar-refractivity contribution in [3.05, 3.63) is 29.3 Å². The fourth-order valence-electron chi connectivity index (χ4n) is 2.84. The molecule has 0 atom stereocenters. The van der Waals surface area contributed by atoms with Crippen molar-refractivity contribution in [2.45, 2.75) is 18.8 Å². The molecule has 1 aliphatic rings. The minimum atomic E-state index is -1.02. The van der Waals surface area contributed by atoms with Gasteiger partial charge in [-0.15, -0.1) is 11.3 Å². The van der Waals surface area contributed by atoms with Crippen LogP contribution in [-0.2, 0) is 9.59 Å². The molecule has 0 spiro atoms. The van der Waals surface area contributed by atoms with Crippen LogP contribution in [0.15, 0.2) is 24.3 Å². The van der Waals surface area contributed by atoms with E-state index in [1.54, 1.807) is 11.3 Å². The van der Waals surface area contributed by atoms with Crippen LogP contribution in [0.5, 0.6) is 0 Å². The van der Waals surface area contributed by atoms with Gasteiger partial charge in [-0.1, -0.05) is 12.1 Å². The van der Waals surface area contributed by atoms with Crippen molar-refractivity contribution in [3.63, 3.8) is 0 Å². The predicted octanol–water partition coefficient (Wildman–Crippen LogP) is 1.68. The van der Waals surface area contributed by atoms with Crippen molar-refractivity contribution in [2.24, 2.45) is 0 Å². The van der Waals surface area contributed by atoms with Gasteiger partial charge in [-0.25, -0.2) is 4.98 Å². The van der Waals surface area contributed by atoms with Crippen molar-refractivity contribution in [3.8, 4) is 0 Å². The zero-order valence-electron chi connectivity index (χ0n) is 12.7. The molecule has 122 valence electrons. The summed E-state index contributed by atoms with van der Waals surface area (Å²) < 4.78 is 1.22. The third-order valence-corrected chi connectivity index (χ3v) is 5.25. The first kappa shape index (κ1) is 15.9. The Hall–Kier alpha value is -1.99. The van der Waals surface area contributed by atoms with Crippen LogP contribution in [0.2, 0.25) is 0 Å². The Kier molecular flexibility index (Phi) is 4.88. The molecule has 0 bridgehead atoms. The zero-order valence-corrected chi connectivity index (χ0v) is 13.5. The van der Waals surface area contributed by atoms with Crippen LogP contribution in [0.25, 0.3) is 10.2 Å². The number of carboxylic acids is 1. The molecular weight excluding hydrogens is 314 g/mol. The number of carboxylic acid groups (broad SMARTS) is 1. The minimum Gasteiger partial charge on any atom is -0.480 e. The average molecular weight is 333 g/mol. The Morgan fingerprint density at radius 3 is 2.74 bits per heavy atom. The second-order valence-electron chi connectivity index (χ2n) is 5.74. The molecule has 1 aromatic carbocycles. The molecule has 1 fully saturated rings. The quantitative estimate of drug-likeness (QED) is 0.870. The van der Waals surface area contributed by atoms with Crippen LogP contribution in [0.3, 0.4) is 0 Å². The average Bonchev–Trinajstić information content (AvgIpc) is 2.97. The van der Waals surface area contributed by atoms with E-state index < -0.39 is 5.97 Å². The number of hydrogen-bond acceptors (Lipinski definition) is 5. The van der Waals surface area contributed by atoms with Gasteiger partial charge >= 0.3 is 5.97 Å². The fraction of sp³-hybridized carbons (Fsp3) is 0.438. The first-order chi connectivity index (χ1) is 11.1. The van der Waals surface area contributed by atoms with E-state index in [1.807, 2.05) is 18.2 Å². The Balaban J connectivity index is 1.52. The molecule has 6 nitrogen and oxygen atoms in total. The summed E-state index contributed by atoms with van der Waals surface area (Å²) in [4.78, 5) is 28.9. The van der Waals surface area contributed by atoms with Gasteiger partial charge in [0.25, 0.3) is 0 Å². The van der Waals surface area contributed by atoms with E-state index in [2.05, 4.69) is 16.3 Å². The molecule has 2 aromatic rings. The van der Waals surface area contributed by atoms with E-state index in [1.165, 1.54) is 9.71 Å². The molecule has 2 N–H and O–H groups in total. The Labute approximate surface area is 138 Å². The molecule has 1 aliphatic heterocycles. The lowest BCUT2D eigenvalue weighted by molar-refractivity contribution is -0.138. The monoisotopic (exact) mass is 333 g/mol. The smallest absolute Gasteiger partial charge is 0.322 e. The minimum absolute atomic E-state index is 0.231. The van der Waals surface area contributed by atoms with Gasteiger partial charge < -0.3 is 10.4 Å². The summed E-state index contributed by atoms with van der Waals surface area (Å²) in [5.41, 5.74) is 1.06. The standard InChI is InChI=1S/C16H19N3O3S/c20-14(17-9-15(21)22)10-19-7-5-11(6-8-19)16-18-12-3-1-2-4-13(12)23-16/h1-4,11H,5-10H2,(H,17,20)(H,21,22). The summed E-state index contributed by atoms with van der Waals surface area (Å²) in [7, 11) is 0. The number of amides is 1. The number of carbonyl (C=O) groups is 2. The van der Waals surface area contributed by atoms with E-state index in [9.17, 15) is 9.59 Å². The van der Waals surface area contributed by atoms with Gasteiger partial charge in [-0.3, -0.25) is 14.5 Å². The Morgan fingerprint density at radius 2 is 2.04 bits per heavy atom. The number of aliphatic carboxylic acids is 1. The highest BCUT2D eigenvalue weighted by Gasteiger charge is 2.24. The number of carbonyl (C=O) groups excluding carboxylic acids is 1. The van der Waals surface area contributed by atoms with E-state index in [0.29, 0.717) is 5.92 Å².